The van der Waals surface area contributed by atoms with E-state index in [4.69, 9.17) is 10.5 Å². The van der Waals surface area contributed by atoms with Crippen molar-refractivity contribution in [2.24, 2.45) is 11.7 Å². The molecule has 2 atom stereocenters. The third-order valence-corrected chi connectivity index (χ3v) is 1.63. The molecule has 1 heterocycles. The Morgan fingerprint density at radius 3 is 2.78 bits per heavy atom. The smallest absolute Gasteiger partial charge is 0.306 e. The Morgan fingerprint density at radius 1 is 1.89 bits per heavy atom. The lowest BCUT2D eigenvalue weighted by atomic mass is 10.0. The maximum absolute atomic E-state index is 10.5. The number of esters is 1. The third kappa shape index (κ3) is 1.42. The van der Waals surface area contributed by atoms with E-state index in [0.29, 0.717) is 13.0 Å². The molecule has 1 aliphatic rings. The van der Waals surface area contributed by atoms with Gasteiger partial charge in [-0.3, -0.25) is 4.79 Å². The minimum atomic E-state index is -0.114. The standard InChI is InChI=1S/C6H11NO2/c1-4(7)5-2-6(8)9-3-5/h4-5H,2-3,7H2,1H3. The monoisotopic (exact) mass is 129 g/mol. The van der Waals surface area contributed by atoms with E-state index < -0.39 is 0 Å². The molecule has 1 rings (SSSR count). The van der Waals surface area contributed by atoms with Gasteiger partial charge in [0.25, 0.3) is 0 Å². The molecule has 0 saturated carbocycles. The lowest BCUT2D eigenvalue weighted by Gasteiger charge is -2.08. The quantitative estimate of drug-likeness (QED) is 0.503. The van der Waals surface area contributed by atoms with Crippen molar-refractivity contribution in [1.82, 2.24) is 0 Å². The Bertz CT molecular complexity index is 122. The lowest BCUT2D eigenvalue weighted by Crippen LogP contribution is -2.26. The zero-order valence-corrected chi connectivity index (χ0v) is 5.46. The second kappa shape index (κ2) is 2.35. The molecule has 3 nitrogen and oxygen atoms in total. The highest BCUT2D eigenvalue weighted by Crippen LogP contribution is 2.15. The molecule has 1 fully saturated rings. The minimum Gasteiger partial charge on any atom is -0.465 e. The largest absolute Gasteiger partial charge is 0.465 e. The fourth-order valence-electron chi connectivity index (χ4n) is 0.870. The van der Waals surface area contributed by atoms with Crippen molar-refractivity contribution in [3.05, 3.63) is 0 Å². The summed E-state index contributed by atoms with van der Waals surface area (Å²) >= 11 is 0. The molecule has 1 saturated heterocycles. The van der Waals surface area contributed by atoms with Gasteiger partial charge in [0.05, 0.1) is 13.0 Å². The molecular formula is C6H11NO2. The maximum atomic E-state index is 10.5. The van der Waals surface area contributed by atoms with E-state index in [1.165, 1.54) is 0 Å². The van der Waals surface area contributed by atoms with Gasteiger partial charge in [-0.1, -0.05) is 0 Å². The highest BCUT2D eigenvalue weighted by atomic mass is 16.5. The van der Waals surface area contributed by atoms with Crippen LogP contribution in [0, 0.1) is 5.92 Å². The number of nitrogens with two attached hydrogens (primary N) is 1. The average Bonchev–Trinajstić information content (AvgIpc) is 2.14. The fourth-order valence-corrected chi connectivity index (χ4v) is 0.870. The second-order valence-corrected chi connectivity index (χ2v) is 2.51. The van der Waals surface area contributed by atoms with E-state index in [2.05, 4.69) is 0 Å². The Morgan fingerprint density at radius 2 is 2.56 bits per heavy atom. The molecule has 0 aromatic rings. The highest BCUT2D eigenvalue weighted by Gasteiger charge is 2.26. The summed E-state index contributed by atoms with van der Waals surface area (Å²) in [7, 11) is 0. The normalized spacial score (nSPS) is 30.0. The van der Waals surface area contributed by atoms with Crippen molar-refractivity contribution in [2.45, 2.75) is 19.4 Å². The van der Waals surface area contributed by atoms with Gasteiger partial charge in [0.15, 0.2) is 0 Å². The average molecular weight is 129 g/mol. The first-order valence-corrected chi connectivity index (χ1v) is 3.11. The van der Waals surface area contributed by atoms with Crippen molar-refractivity contribution in [2.75, 3.05) is 6.61 Å². The molecule has 1 aliphatic heterocycles. The predicted molar refractivity (Wildman–Crippen MR) is 32.7 cm³/mol. The Labute approximate surface area is 54.2 Å². The van der Waals surface area contributed by atoms with Gasteiger partial charge in [-0.05, 0) is 6.92 Å². The van der Waals surface area contributed by atoms with Gasteiger partial charge in [0.2, 0.25) is 0 Å². The zero-order valence-electron chi connectivity index (χ0n) is 5.46. The molecule has 0 aliphatic carbocycles. The highest BCUT2D eigenvalue weighted by molar-refractivity contribution is 5.71. The summed E-state index contributed by atoms with van der Waals surface area (Å²) in [6.45, 7) is 2.41. The number of rotatable bonds is 1. The Balaban J connectivity index is 2.39. The van der Waals surface area contributed by atoms with Crippen LogP contribution in [0.5, 0.6) is 0 Å². The van der Waals surface area contributed by atoms with Crippen molar-refractivity contribution >= 4 is 5.97 Å². The SMILES string of the molecule is CC(N)C1COC(=O)C1. The van der Waals surface area contributed by atoms with Crippen LogP contribution < -0.4 is 5.73 Å². The molecule has 0 aromatic carbocycles. The molecule has 2 N–H and O–H groups in total. The fraction of sp³-hybridized carbons (Fsp3) is 0.833. The second-order valence-electron chi connectivity index (χ2n) is 2.51. The summed E-state index contributed by atoms with van der Waals surface area (Å²) in [4.78, 5) is 10.5. The summed E-state index contributed by atoms with van der Waals surface area (Å²) in [5, 5.41) is 0. The molecule has 52 valence electrons. The number of hydrogen-bond acceptors (Lipinski definition) is 3. The zero-order chi connectivity index (χ0) is 6.85. The van der Waals surface area contributed by atoms with Crippen LogP contribution in [0.3, 0.4) is 0 Å². The molecule has 9 heavy (non-hydrogen) atoms. The van der Waals surface area contributed by atoms with E-state index in [1.807, 2.05) is 6.92 Å². The molecule has 2 unspecified atom stereocenters. The summed E-state index contributed by atoms with van der Waals surface area (Å²) < 4.78 is 4.71. The first-order chi connectivity index (χ1) is 4.20. The first-order valence-electron chi connectivity index (χ1n) is 3.11. The van der Waals surface area contributed by atoms with Crippen molar-refractivity contribution in [1.29, 1.82) is 0 Å². The van der Waals surface area contributed by atoms with Crippen molar-refractivity contribution in [3.63, 3.8) is 0 Å². The van der Waals surface area contributed by atoms with E-state index in [1.54, 1.807) is 0 Å². The van der Waals surface area contributed by atoms with Gasteiger partial charge in [0, 0.05) is 12.0 Å². The summed E-state index contributed by atoms with van der Waals surface area (Å²) in [6.07, 6.45) is 0.498. The lowest BCUT2D eigenvalue weighted by molar-refractivity contribution is -0.137. The first kappa shape index (κ1) is 6.55. The van der Waals surface area contributed by atoms with Crippen LogP contribution in [-0.4, -0.2) is 18.6 Å². The number of carbonyl (C=O) groups excluding carboxylic acids is 1. The third-order valence-electron chi connectivity index (χ3n) is 1.63. The van der Waals surface area contributed by atoms with Crippen LogP contribution in [0.1, 0.15) is 13.3 Å². The number of hydrogen-bond donors (Lipinski definition) is 1. The van der Waals surface area contributed by atoms with Crippen molar-refractivity contribution < 1.29 is 9.53 Å². The molecule has 0 aromatic heterocycles. The Hall–Kier alpha value is -0.570. The van der Waals surface area contributed by atoms with Gasteiger partial charge < -0.3 is 10.5 Å². The number of cyclic esters (lactones) is 1. The van der Waals surface area contributed by atoms with Crippen LogP contribution in [0.15, 0.2) is 0 Å². The van der Waals surface area contributed by atoms with Gasteiger partial charge in [0.1, 0.15) is 0 Å². The van der Waals surface area contributed by atoms with Crippen LogP contribution in [0.4, 0.5) is 0 Å². The van der Waals surface area contributed by atoms with Crippen LogP contribution >= 0.6 is 0 Å². The molecule has 3 heteroatoms. The number of carbonyl (C=O) groups is 1. The van der Waals surface area contributed by atoms with Crippen LogP contribution in [-0.2, 0) is 9.53 Å². The van der Waals surface area contributed by atoms with E-state index >= 15 is 0 Å². The van der Waals surface area contributed by atoms with Gasteiger partial charge in [-0.2, -0.15) is 0 Å². The predicted octanol–water partition coefficient (Wildman–Crippen LogP) is -0.103. The topological polar surface area (TPSA) is 52.3 Å². The van der Waals surface area contributed by atoms with E-state index in [-0.39, 0.29) is 17.9 Å². The van der Waals surface area contributed by atoms with Gasteiger partial charge >= 0.3 is 5.97 Å². The molecule has 0 amide bonds. The molecular weight excluding hydrogens is 118 g/mol. The number of ether oxygens (including phenoxy) is 1. The van der Waals surface area contributed by atoms with Crippen LogP contribution in [0.2, 0.25) is 0 Å². The van der Waals surface area contributed by atoms with Crippen LogP contribution in [0.25, 0.3) is 0 Å². The Kier molecular flexibility index (Phi) is 1.71. The van der Waals surface area contributed by atoms with E-state index in [0.717, 1.165) is 0 Å². The van der Waals surface area contributed by atoms with Crippen molar-refractivity contribution in [3.8, 4) is 0 Å². The minimum absolute atomic E-state index is 0.0800. The summed E-state index contributed by atoms with van der Waals surface area (Å²) in [5.74, 6) is 0.134. The van der Waals surface area contributed by atoms with E-state index in [9.17, 15) is 4.79 Å². The molecule has 0 bridgehead atoms. The molecule has 0 radical (unpaired) electrons. The van der Waals surface area contributed by atoms with Gasteiger partial charge in [-0.25, -0.2) is 0 Å². The summed E-state index contributed by atoms with van der Waals surface area (Å²) in [5.41, 5.74) is 5.53. The molecule has 0 spiro atoms. The maximum Gasteiger partial charge on any atom is 0.306 e. The summed E-state index contributed by atoms with van der Waals surface area (Å²) in [6, 6.07) is 0.0800. The van der Waals surface area contributed by atoms with Gasteiger partial charge in [-0.15, -0.1) is 0 Å².